The summed E-state index contributed by atoms with van der Waals surface area (Å²) in [6.45, 7) is 3.52. The van der Waals surface area contributed by atoms with Gasteiger partial charge in [0.25, 0.3) is 0 Å². The lowest BCUT2D eigenvalue weighted by molar-refractivity contribution is -0.136. The fraction of sp³-hybridized carbons (Fsp3) is 0.0588. The summed E-state index contributed by atoms with van der Waals surface area (Å²) < 4.78 is 10.1. The van der Waals surface area contributed by atoms with Gasteiger partial charge in [0.2, 0.25) is 0 Å². The van der Waals surface area contributed by atoms with Gasteiger partial charge in [-0.05, 0) is 36.4 Å². The van der Waals surface area contributed by atoms with Crippen LogP contribution in [0, 0.1) is 0 Å². The third-order valence-corrected chi connectivity index (χ3v) is 3.92. The Morgan fingerprint density at radius 2 is 1.32 bits per heavy atom. The molecule has 0 heterocycles. The SMILES string of the molecule is C=C(CC(=O)Oc1ccc(Cl)cc1Cl)C(=O)Oc1ccc(Cl)cc1Cl. The fourth-order valence-electron chi connectivity index (χ4n) is 1.69. The maximum Gasteiger partial charge on any atom is 0.339 e. The fourth-order valence-corrected chi connectivity index (χ4v) is 2.59. The van der Waals surface area contributed by atoms with Crippen molar-refractivity contribution in [3.05, 3.63) is 68.6 Å². The largest absolute Gasteiger partial charge is 0.425 e. The molecule has 2 rings (SSSR count). The average Bonchev–Trinajstić information content (AvgIpc) is 2.52. The van der Waals surface area contributed by atoms with E-state index in [1.165, 1.54) is 36.4 Å². The Labute approximate surface area is 163 Å². The number of rotatable bonds is 5. The number of halogens is 4. The van der Waals surface area contributed by atoms with Crippen LogP contribution in [0.25, 0.3) is 0 Å². The molecule has 4 nitrogen and oxygen atoms in total. The van der Waals surface area contributed by atoms with Crippen molar-refractivity contribution in [1.82, 2.24) is 0 Å². The molecule has 0 unspecified atom stereocenters. The zero-order valence-electron chi connectivity index (χ0n) is 12.5. The van der Waals surface area contributed by atoms with Crippen molar-refractivity contribution in [3.63, 3.8) is 0 Å². The summed E-state index contributed by atoms with van der Waals surface area (Å²) in [4.78, 5) is 23.9. The zero-order valence-corrected chi connectivity index (χ0v) is 15.5. The Morgan fingerprint density at radius 3 is 1.80 bits per heavy atom. The molecule has 0 saturated heterocycles. The first-order valence-corrected chi connectivity index (χ1v) is 8.28. The first-order chi connectivity index (χ1) is 11.8. The zero-order chi connectivity index (χ0) is 18.6. The van der Waals surface area contributed by atoms with Gasteiger partial charge in [0.1, 0.15) is 11.5 Å². The van der Waals surface area contributed by atoms with E-state index in [-0.39, 0.29) is 33.5 Å². The van der Waals surface area contributed by atoms with Crippen molar-refractivity contribution in [2.24, 2.45) is 0 Å². The topological polar surface area (TPSA) is 52.6 Å². The second kappa shape index (κ2) is 8.59. The lowest BCUT2D eigenvalue weighted by atomic mass is 10.2. The van der Waals surface area contributed by atoms with Crippen LogP contribution in [0.2, 0.25) is 20.1 Å². The monoisotopic (exact) mass is 418 g/mol. The number of esters is 2. The minimum Gasteiger partial charge on any atom is -0.425 e. The minimum absolute atomic E-state index is 0.103. The van der Waals surface area contributed by atoms with E-state index in [1.807, 2.05) is 0 Å². The van der Waals surface area contributed by atoms with Crippen molar-refractivity contribution in [1.29, 1.82) is 0 Å². The van der Waals surface area contributed by atoms with E-state index in [4.69, 9.17) is 55.9 Å². The van der Waals surface area contributed by atoms with E-state index in [2.05, 4.69) is 6.58 Å². The van der Waals surface area contributed by atoms with Crippen LogP contribution in [0.5, 0.6) is 11.5 Å². The summed E-state index contributed by atoms with van der Waals surface area (Å²) in [5.41, 5.74) is -0.110. The number of hydrogen-bond acceptors (Lipinski definition) is 4. The van der Waals surface area contributed by atoms with Crippen LogP contribution in [-0.2, 0) is 9.59 Å². The van der Waals surface area contributed by atoms with Gasteiger partial charge in [-0.15, -0.1) is 0 Å². The second-order valence-corrected chi connectivity index (χ2v) is 6.48. The molecular formula is C17H10Cl4O4. The molecule has 0 spiro atoms. The van der Waals surface area contributed by atoms with Gasteiger partial charge in [0, 0.05) is 15.6 Å². The summed E-state index contributed by atoms with van der Waals surface area (Å²) in [6.07, 6.45) is -0.386. The Morgan fingerprint density at radius 1 is 0.840 bits per heavy atom. The summed E-state index contributed by atoms with van der Waals surface area (Å²) in [5, 5.41) is 1.12. The van der Waals surface area contributed by atoms with Crippen LogP contribution >= 0.6 is 46.4 Å². The highest BCUT2D eigenvalue weighted by Gasteiger charge is 2.18. The second-order valence-electron chi connectivity index (χ2n) is 4.79. The maximum absolute atomic E-state index is 12.0. The first-order valence-electron chi connectivity index (χ1n) is 6.77. The smallest absolute Gasteiger partial charge is 0.339 e. The highest BCUT2D eigenvalue weighted by Crippen LogP contribution is 2.29. The van der Waals surface area contributed by atoms with Crippen LogP contribution in [0.3, 0.4) is 0 Å². The van der Waals surface area contributed by atoms with Crippen LogP contribution in [0.1, 0.15) is 6.42 Å². The Hall–Kier alpha value is -1.72. The highest BCUT2D eigenvalue weighted by atomic mass is 35.5. The van der Waals surface area contributed by atoms with Crippen molar-refractivity contribution < 1.29 is 19.1 Å². The lowest BCUT2D eigenvalue weighted by Gasteiger charge is -2.09. The Bertz CT molecular complexity index is 849. The van der Waals surface area contributed by atoms with Gasteiger partial charge in [-0.25, -0.2) is 4.79 Å². The molecule has 0 bridgehead atoms. The standard InChI is InChI=1S/C17H10Cl4O4/c1-9(17(23)25-15-5-3-11(19)8-13(15)21)6-16(22)24-14-4-2-10(18)7-12(14)20/h2-5,7-8H,1,6H2. The van der Waals surface area contributed by atoms with Gasteiger partial charge in [-0.2, -0.15) is 0 Å². The molecule has 2 aromatic carbocycles. The lowest BCUT2D eigenvalue weighted by Crippen LogP contribution is -2.16. The van der Waals surface area contributed by atoms with Gasteiger partial charge >= 0.3 is 11.9 Å². The molecule has 0 fully saturated rings. The minimum atomic E-state index is -0.816. The van der Waals surface area contributed by atoms with Gasteiger partial charge in [0.05, 0.1) is 16.5 Å². The number of benzene rings is 2. The normalized spacial score (nSPS) is 10.2. The van der Waals surface area contributed by atoms with Crippen molar-refractivity contribution in [2.45, 2.75) is 6.42 Å². The molecule has 0 saturated carbocycles. The summed E-state index contributed by atoms with van der Waals surface area (Å²) in [6, 6.07) is 8.75. The van der Waals surface area contributed by atoms with Crippen LogP contribution in [0.15, 0.2) is 48.6 Å². The summed E-state index contributed by atoms with van der Waals surface area (Å²) in [5.74, 6) is -1.32. The molecule has 0 N–H and O–H groups in total. The van der Waals surface area contributed by atoms with Crippen molar-refractivity contribution in [3.8, 4) is 11.5 Å². The van der Waals surface area contributed by atoms with E-state index in [9.17, 15) is 9.59 Å². The summed E-state index contributed by atoms with van der Waals surface area (Å²) >= 11 is 23.3. The van der Waals surface area contributed by atoms with E-state index in [0.717, 1.165) is 0 Å². The van der Waals surface area contributed by atoms with E-state index >= 15 is 0 Å². The third kappa shape index (κ3) is 5.65. The molecule has 2 aromatic rings. The number of hydrogen-bond donors (Lipinski definition) is 0. The van der Waals surface area contributed by atoms with Crippen molar-refractivity contribution >= 4 is 58.3 Å². The molecular weight excluding hydrogens is 410 g/mol. The Balaban J connectivity index is 1.96. The molecule has 25 heavy (non-hydrogen) atoms. The van der Waals surface area contributed by atoms with Crippen LogP contribution in [0.4, 0.5) is 0 Å². The number of ether oxygens (including phenoxy) is 2. The molecule has 0 aromatic heterocycles. The van der Waals surface area contributed by atoms with E-state index in [0.29, 0.717) is 10.0 Å². The highest BCUT2D eigenvalue weighted by molar-refractivity contribution is 6.36. The quantitative estimate of drug-likeness (QED) is 0.351. The van der Waals surface area contributed by atoms with Crippen LogP contribution in [-0.4, -0.2) is 11.9 Å². The van der Waals surface area contributed by atoms with Gasteiger partial charge in [-0.1, -0.05) is 53.0 Å². The molecule has 0 radical (unpaired) electrons. The van der Waals surface area contributed by atoms with Crippen LogP contribution < -0.4 is 9.47 Å². The molecule has 0 atom stereocenters. The van der Waals surface area contributed by atoms with E-state index < -0.39 is 11.9 Å². The predicted octanol–water partition coefficient (Wildman–Crippen LogP) is 5.76. The number of carbonyl (C=O) groups is 2. The van der Waals surface area contributed by atoms with Crippen molar-refractivity contribution in [2.75, 3.05) is 0 Å². The maximum atomic E-state index is 12.0. The first kappa shape index (κ1) is 19.6. The van der Waals surface area contributed by atoms with Gasteiger partial charge in [-0.3, -0.25) is 4.79 Å². The number of carbonyl (C=O) groups excluding carboxylic acids is 2. The molecule has 0 aliphatic carbocycles. The van der Waals surface area contributed by atoms with E-state index in [1.54, 1.807) is 0 Å². The molecule has 8 heteroatoms. The van der Waals surface area contributed by atoms with Gasteiger partial charge in [0.15, 0.2) is 0 Å². The molecule has 0 aliphatic rings. The molecule has 0 aliphatic heterocycles. The van der Waals surface area contributed by atoms with Gasteiger partial charge < -0.3 is 9.47 Å². The summed E-state index contributed by atoms with van der Waals surface area (Å²) in [7, 11) is 0. The molecule has 0 amide bonds. The third-order valence-electron chi connectivity index (χ3n) is 2.86. The average molecular weight is 420 g/mol. The Kier molecular flexibility index (Phi) is 6.73. The molecule has 130 valence electrons. The predicted molar refractivity (Wildman–Crippen MR) is 98.0 cm³/mol.